The van der Waals surface area contributed by atoms with Gasteiger partial charge in [0, 0.05) is 32.7 Å². The maximum absolute atomic E-state index is 14.0. The Bertz CT molecular complexity index is 1030. The Hall–Kier alpha value is -2.12. The minimum Gasteiger partial charge on any atom is -0.497 e. The average Bonchev–Trinajstić information content (AvgIpc) is 3.26. The fraction of sp³-hybridized carbons (Fsp3) is 0.640. The van der Waals surface area contributed by atoms with E-state index in [2.05, 4.69) is 32.0 Å². The van der Waals surface area contributed by atoms with Gasteiger partial charge < -0.3 is 9.64 Å². The number of aromatic nitrogens is 3. The Morgan fingerprint density at radius 2 is 1.91 bits per heavy atom. The summed E-state index contributed by atoms with van der Waals surface area (Å²) in [5.74, 6) is 2.49. The second-order valence-corrected chi connectivity index (χ2v) is 11.2. The minimum atomic E-state index is -0.239. The number of hydrogen-bond donors (Lipinski definition) is 0. The molecule has 0 radical (unpaired) electrons. The largest absolute Gasteiger partial charge is 0.497 e. The van der Waals surface area contributed by atoms with E-state index in [0.717, 1.165) is 70.6 Å². The predicted octanol–water partition coefficient (Wildman–Crippen LogP) is 3.58. The van der Waals surface area contributed by atoms with Crippen molar-refractivity contribution in [3.8, 4) is 5.75 Å². The molecule has 33 heavy (non-hydrogen) atoms. The maximum Gasteiger partial charge on any atom is 0.242 e. The number of ether oxygens (including phenoxy) is 1. The molecule has 4 saturated carbocycles. The van der Waals surface area contributed by atoms with E-state index in [-0.39, 0.29) is 11.0 Å². The molecule has 2 atom stereocenters. The smallest absolute Gasteiger partial charge is 0.242 e. The molecule has 2 unspecified atom stereocenters. The van der Waals surface area contributed by atoms with Crippen LogP contribution in [0.15, 0.2) is 30.6 Å². The van der Waals surface area contributed by atoms with E-state index in [0.29, 0.717) is 23.0 Å². The van der Waals surface area contributed by atoms with E-state index < -0.39 is 0 Å². The summed E-state index contributed by atoms with van der Waals surface area (Å²) in [5, 5.41) is 4.80. The van der Waals surface area contributed by atoms with Crippen LogP contribution in [0, 0.1) is 17.3 Å². The second-order valence-electron chi connectivity index (χ2n) is 10.8. The Morgan fingerprint density at radius 1 is 1.15 bits per heavy atom. The summed E-state index contributed by atoms with van der Waals surface area (Å²) in [6.45, 7) is 4.33. The molecule has 8 heteroatoms. The summed E-state index contributed by atoms with van der Waals surface area (Å²) in [4.78, 5) is 22.8. The highest BCUT2D eigenvalue weighted by molar-refractivity contribution is 6.28. The van der Waals surface area contributed by atoms with Gasteiger partial charge in [0.2, 0.25) is 11.2 Å². The second kappa shape index (κ2) is 7.98. The quantitative estimate of drug-likeness (QED) is 0.669. The van der Waals surface area contributed by atoms with Crippen LogP contribution < -0.4 is 4.74 Å². The molecule has 2 heterocycles. The van der Waals surface area contributed by atoms with E-state index in [9.17, 15) is 4.79 Å². The predicted molar refractivity (Wildman–Crippen MR) is 125 cm³/mol. The van der Waals surface area contributed by atoms with Gasteiger partial charge >= 0.3 is 0 Å². The molecule has 1 saturated heterocycles. The fourth-order valence-electron chi connectivity index (χ4n) is 7.68. The van der Waals surface area contributed by atoms with Crippen molar-refractivity contribution in [2.45, 2.75) is 50.6 Å². The molecule has 0 spiro atoms. The molecule has 1 aromatic carbocycles. The molecule has 2 aromatic rings. The summed E-state index contributed by atoms with van der Waals surface area (Å²) in [5.41, 5.74) is 0.926. The number of halogens is 1. The first-order valence-corrected chi connectivity index (χ1v) is 12.6. The zero-order valence-electron chi connectivity index (χ0n) is 19.3. The van der Waals surface area contributed by atoms with Crippen molar-refractivity contribution in [2.24, 2.45) is 17.3 Å². The van der Waals surface area contributed by atoms with Gasteiger partial charge in [0.05, 0.1) is 18.1 Å². The first kappa shape index (κ1) is 21.4. The van der Waals surface area contributed by atoms with E-state index in [1.54, 1.807) is 13.4 Å². The molecule has 4 bridgehead atoms. The van der Waals surface area contributed by atoms with Gasteiger partial charge in [-0.3, -0.25) is 9.69 Å². The first-order valence-electron chi connectivity index (χ1n) is 12.2. The van der Waals surface area contributed by atoms with Gasteiger partial charge in [-0.2, -0.15) is 0 Å². The van der Waals surface area contributed by atoms with Gasteiger partial charge in [-0.05, 0) is 79.7 Å². The number of carbonyl (C=O) groups is 1. The Labute approximate surface area is 200 Å². The van der Waals surface area contributed by atoms with E-state index >= 15 is 0 Å². The van der Waals surface area contributed by atoms with Crippen LogP contribution in [0.1, 0.15) is 44.1 Å². The average molecular weight is 470 g/mol. The van der Waals surface area contributed by atoms with Crippen molar-refractivity contribution >= 4 is 17.5 Å². The molecule has 4 aliphatic carbocycles. The van der Waals surface area contributed by atoms with Gasteiger partial charge in [-0.1, -0.05) is 12.1 Å². The fourth-order valence-corrected chi connectivity index (χ4v) is 7.80. The number of hydrogen-bond acceptors (Lipinski definition) is 5. The number of piperazine rings is 1. The van der Waals surface area contributed by atoms with Crippen molar-refractivity contribution < 1.29 is 9.53 Å². The van der Waals surface area contributed by atoms with Crippen molar-refractivity contribution in [3.05, 3.63) is 41.4 Å². The Balaban J connectivity index is 1.15. The standard InChI is InChI=1S/C25H32ClN5O2/c1-33-21-4-2-3-18(10-21)15-29-5-7-30(8-6-29)22(32)24-11-19-9-20(12-24)14-25(13-19,16-24)31-17-27-23(26)28-31/h2-4,10,17,19-20H,5-9,11-16H2,1H3. The molecular formula is C25H32ClN5O2. The molecule has 1 aliphatic heterocycles. The zero-order chi connectivity index (χ0) is 22.6. The van der Waals surface area contributed by atoms with E-state index in [4.69, 9.17) is 16.3 Å². The molecule has 5 aliphatic rings. The number of rotatable bonds is 5. The molecule has 1 aromatic heterocycles. The lowest BCUT2D eigenvalue weighted by Gasteiger charge is -2.61. The highest BCUT2D eigenvalue weighted by Crippen LogP contribution is 2.64. The van der Waals surface area contributed by atoms with Gasteiger partial charge in [0.25, 0.3) is 0 Å². The van der Waals surface area contributed by atoms with Crippen molar-refractivity contribution in [2.75, 3.05) is 33.3 Å². The summed E-state index contributed by atoms with van der Waals surface area (Å²) in [7, 11) is 1.70. The lowest BCUT2D eigenvalue weighted by Crippen LogP contribution is -2.62. The SMILES string of the molecule is COc1cccc(CN2CCN(C(=O)C34CC5CC(C3)CC(n3cnc(Cl)n3)(C5)C4)CC2)c1. The molecule has 5 fully saturated rings. The lowest BCUT2D eigenvalue weighted by atomic mass is 9.46. The van der Waals surface area contributed by atoms with Crippen molar-refractivity contribution in [3.63, 3.8) is 0 Å². The van der Waals surface area contributed by atoms with Gasteiger partial charge in [-0.15, -0.1) is 5.10 Å². The molecule has 0 N–H and O–H groups in total. The first-order chi connectivity index (χ1) is 16.0. The van der Waals surface area contributed by atoms with Gasteiger partial charge in [-0.25, -0.2) is 9.67 Å². The van der Waals surface area contributed by atoms with Crippen LogP contribution in [0.3, 0.4) is 0 Å². The zero-order valence-corrected chi connectivity index (χ0v) is 20.0. The highest BCUT2D eigenvalue weighted by atomic mass is 35.5. The van der Waals surface area contributed by atoms with Crippen LogP contribution in [0.25, 0.3) is 0 Å². The van der Waals surface area contributed by atoms with Crippen molar-refractivity contribution in [1.82, 2.24) is 24.6 Å². The molecule has 1 amide bonds. The molecule has 176 valence electrons. The number of carbonyl (C=O) groups excluding carboxylic acids is 1. The summed E-state index contributed by atoms with van der Waals surface area (Å²) in [6.07, 6.45) is 8.21. The Kier molecular flexibility index (Phi) is 5.18. The van der Waals surface area contributed by atoms with Crippen LogP contribution in [-0.2, 0) is 16.9 Å². The number of methoxy groups -OCH3 is 1. The summed E-state index contributed by atoms with van der Waals surface area (Å²) >= 11 is 6.08. The third-order valence-electron chi connectivity index (χ3n) is 8.63. The topological polar surface area (TPSA) is 63.5 Å². The molecule has 7 nitrogen and oxygen atoms in total. The maximum atomic E-state index is 14.0. The van der Waals surface area contributed by atoms with Gasteiger partial charge in [0.15, 0.2) is 0 Å². The van der Waals surface area contributed by atoms with Crippen LogP contribution in [0.2, 0.25) is 5.28 Å². The molecular weight excluding hydrogens is 438 g/mol. The third kappa shape index (κ3) is 3.73. The minimum absolute atomic E-state index is 0.0892. The number of benzene rings is 1. The van der Waals surface area contributed by atoms with E-state index in [1.807, 2.05) is 16.8 Å². The van der Waals surface area contributed by atoms with Crippen LogP contribution in [0.4, 0.5) is 0 Å². The van der Waals surface area contributed by atoms with Gasteiger partial charge in [0.1, 0.15) is 12.1 Å². The third-order valence-corrected chi connectivity index (χ3v) is 8.81. The number of nitrogens with zero attached hydrogens (tertiary/aromatic N) is 5. The van der Waals surface area contributed by atoms with Crippen molar-refractivity contribution in [1.29, 1.82) is 0 Å². The highest BCUT2D eigenvalue weighted by Gasteiger charge is 2.62. The van der Waals surface area contributed by atoms with Crippen LogP contribution >= 0.6 is 11.6 Å². The monoisotopic (exact) mass is 469 g/mol. The Morgan fingerprint density at radius 3 is 2.58 bits per heavy atom. The number of amides is 1. The summed E-state index contributed by atoms with van der Waals surface area (Å²) in [6, 6.07) is 8.26. The van der Waals surface area contributed by atoms with Crippen LogP contribution in [0.5, 0.6) is 5.75 Å². The molecule has 7 rings (SSSR count). The normalized spacial score (nSPS) is 33.5. The van der Waals surface area contributed by atoms with E-state index in [1.165, 1.54) is 12.0 Å². The summed E-state index contributed by atoms with van der Waals surface area (Å²) < 4.78 is 7.36. The lowest BCUT2D eigenvalue weighted by molar-refractivity contribution is -0.168. The van der Waals surface area contributed by atoms with Crippen LogP contribution in [-0.4, -0.2) is 63.8 Å².